The van der Waals surface area contributed by atoms with Crippen molar-refractivity contribution >= 4 is 17.5 Å². The first-order valence-electron chi connectivity index (χ1n) is 7.10. The Hall–Kier alpha value is -2.35. The molecule has 0 spiro atoms. The van der Waals surface area contributed by atoms with Gasteiger partial charge in [0, 0.05) is 5.69 Å². The number of carbonyl (C=O) groups is 2. The number of carbonyl (C=O) groups excluding carboxylic acids is 2. The predicted octanol–water partition coefficient (Wildman–Crippen LogP) is 2.08. The standard InChI is InChI=1S/C16H19N3O2/c1-11(14(18)20)15(21)19-13-6-4-12(5-7-13)16(10-17)8-2-3-9-16/h4-7,11H,2-3,8-9H2,1H3,(H2,18,20)(H,19,21). The van der Waals surface area contributed by atoms with Crippen LogP contribution in [0.1, 0.15) is 38.2 Å². The molecule has 0 aliphatic heterocycles. The van der Waals surface area contributed by atoms with E-state index >= 15 is 0 Å². The van der Waals surface area contributed by atoms with Gasteiger partial charge in [0.25, 0.3) is 0 Å². The SMILES string of the molecule is CC(C(N)=O)C(=O)Nc1ccc(C2(C#N)CCCC2)cc1. The Morgan fingerprint density at radius 2 is 1.86 bits per heavy atom. The number of benzene rings is 1. The minimum Gasteiger partial charge on any atom is -0.369 e. The molecule has 1 aliphatic rings. The van der Waals surface area contributed by atoms with Crippen LogP contribution in [0.15, 0.2) is 24.3 Å². The molecule has 0 heterocycles. The van der Waals surface area contributed by atoms with Crippen LogP contribution in [0.3, 0.4) is 0 Å². The summed E-state index contributed by atoms with van der Waals surface area (Å²) in [4.78, 5) is 22.7. The van der Waals surface area contributed by atoms with Crippen LogP contribution in [-0.2, 0) is 15.0 Å². The van der Waals surface area contributed by atoms with Crippen LogP contribution in [-0.4, -0.2) is 11.8 Å². The molecule has 2 amide bonds. The van der Waals surface area contributed by atoms with Crippen LogP contribution in [0.4, 0.5) is 5.69 Å². The largest absolute Gasteiger partial charge is 0.369 e. The lowest BCUT2D eigenvalue weighted by atomic mass is 9.80. The molecule has 1 saturated carbocycles. The molecule has 0 radical (unpaired) electrons. The van der Waals surface area contributed by atoms with Gasteiger partial charge in [0.1, 0.15) is 5.92 Å². The van der Waals surface area contributed by atoms with E-state index in [-0.39, 0.29) is 5.41 Å². The van der Waals surface area contributed by atoms with Crippen LogP contribution in [0.2, 0.25) is 0 Å². The minimum atomic E-state index is -0.870. The van der Waals surface area contributed by atoms with Crippen LogP contribution in [0.25, 0.3) is 0 Å². The molecule has 1 aliphatic carbocycles. The highest BCUT2D eigenvalue weighted by atomic mass is 16.2. The van der Waals surface area contributed by atoms with Crippen molar-refractivity contribution in [2.45, 2.75) is 38.0 Å². The van der Waals surface area contributed by atoms with Crippen LogP contribution < -0.4 is 11.1 Å². The number of amides is 2. The number of nitrogens with zero attached hydrogens (tertiary/aromatic N) is 1. The average Bonchev–Trinajstić information content (AvgIpc) is 2.97. The minimum absolute atomic E-state index is 0.386. The number of hydrogen-bond donors (Lipinski definition) is 2. The third-order valence-electron chi connectivity index (χ3n) is 4.20. The maximum Gasteiger partial charge on any atom is 0.236 e. The van der Waals surface area contributed by atoms with Crippen molar-refractivity contribution in [2.75, 3.05) is 5.32 Å². The topological polar surface area (TPSA) is 96.0 Å². The van der Waals surface area contributed by atoms with E-state index in [4.69, 9.17) is 5.73 Å². The van der Waals surface area contributed by atoms with Crippen LogP contribution in [0, 0.1) is 17.2 Å². The van der Waals surface area contributed by atoms with E-state index in [1.807, 2.05) is 12.1 Å². The second kappa shape index (κ2) is 5.96. The third kappa shape index (κ3) is 3.05. The summed E-state index contributed by atoms with van der Waals surface area (Å²) >= 11 is 0. The van der Waals surface area contributed by atoms with E-state index < -0.39 is 17.7 Å². The number of nitrogens with two attached hydrogens (primary N) is 1. The maximum absolute atomic E-state index is 11.7. The van der Waals surface area contributed by atoms with Crippen LogP contribution >= 0.6 is 0 Å². The molecule has 5 heteroatoms. The number of primary amides is 1. The second-order valence-corrected chi connectivity index (χ2v) is 5.59. The van der Waals surface area contributed by atoms with Crippen LogP contribution in [0.5, 0.6) is 0 Å². The molecule has 0 saturated heterocycles. The van der Waals surface area contributed by atoms with Gasteiger partial charge in [-0.1, -0.05) is 25.0 Å². The number of nitrogens with one attached hydrogen (secondary N) is 1. The predicted molar refractivity (Wildman–Crippen MR) is 79.2 cm³/mol. The van der Waals surface area contributed by atoms with Gasteiger partial charge in [0.2, 0.25) is 11.8 Å². The quantitative estimate of drug-likeness (QED) is 0.829. The summed E-state index contributed by atoms with van der Waals surface area (Å²) in [5.74, 6) is -1.95. The Kier molecular flexibility index (Phi) is 4.27. The highest BCUT2D eigenvalue weighted by Gasteiger charge is 2.35. The lowest BCUT2D eigenvalue weighted by Gasteiger charge is -2.21. The smallest absolute Gasteiger partial charge is 0.236 e. The molecular weight excluding hydrogens is 266 g/mol. The normalized spacial score (nSPS) is 17.7. The zero-order valence-corrected chi connectivity index (χ0v) is 12.1. The van der Waals surface area contributed by atoms with E-state index in [0.717, 1.165) is 31.2 Å². The first-order chi connectivity index (χ1) is 9.98. The summed E-state index contributed by atoms with van der Waals surface area (Å²) in [6.07, 6.45) is 3.91. The van der Waals surface area contributed by atoms with Gasteiger partial charge < -0.3 is 11.1 Å². The van der Waals surface area contributed by atoms with E-state index in [0.29, 0.717) is 5.69 Å². The highest BCUT2D eigenvalue weighted by molar-refractivity contribution is 6.05. The molecule has 3 N–H and O–H groups in total. The Morgan fingerprint density at radius 1 is 1.29 bits per heavy atom. The van der Waals surface area contributed by atoms with Crippen molar-refractivity contribution in [3.63, 3.8) is 0 Å². The molecule has 21 heavy (non-hydrogen) atoms. The van der Waals surface area contributed by atoms with Gasteiger partial charge in [-0.2, -0.15) is 5.26 Å². The van der Waals surface area contributed by atoms with Gasteiger partial charge in [0.05, 0.1) is 11.5 Å². The van der Waals surface area contributed by atoms with Crippen molar-refractivity contribution in [2.24, 2.45) is 11.7 Å². The van der Waals surface area contributed by atoms with Gasteiger partial charge in [-0.25, -0.2) is 0 Å². The summed E-state index contributed by atoms with van der Waals surface area (Å²) in [6, 6.07) is 9.71. The number of anilines is 1. The Morgan fingerprint density at radius 3 is 2.33 bits per heavy atom. The summed E-state index contributed by atoms with van der Waals surface area (Å²) in [5, 5.41) is 12.1. The fourth-order valence-corrected chi connectivity index (χ4v) is 2.70. The summed E-state index contributed by atoms with van der Waals surface area (Å²) in [7, 11) is 0. The third-order valence-corrected chi connectivity index (χ3v) is 4.20. The van der Waals surface area contributed by atoms with Gasteiger partial charge in [0.15, 0.2) is 0 Å². The molecule has 1 fully saturated rings. The second-order valence-electron chi connectivity index (χ2n) is 5.59. The molecule has 0 aromatic heterocycles. The summed E-state index contributed by atoms with van der Waals surface area (Å²) in [6.45, 7) is 1.47. The maximum atomic E-state index is 11.7. The first kappa shape index (κ1) is 15.0. The molecule has 0 bridgehead atoms. The zero-order valence-electron chi connectivity index (χ0n) is 12.1. The number of rotatable bonds is 4. The molecule has 1 atom stereocenters. The molecular formula is C16H19N3O2. The molecule has 2 rings (SSSR count). The Balaban J connectivity index is 2.11. The van der Waals surface area contributed by atoms with Gasteiger partial charge >= 0.3 is 0 Å². The van der Waals surface area contributed by atoms with Crippen molar-refractivity contribution in [1.82, 2.24) is 0 Å². The first-order valence-corrected chi connectivity index (χ1v) is 7.10. The van der Waals surface area contributed by atoms with Crippen molar-refractivity contribution in [3.05, 3.63) is 29.8 Å². The average molecular weight is 285 g/mol. The summed E-state index contributed by atoms with van der Waals surface area (Å²) < 4.78 is 0. The number of hydrogen-bond acceptors (Lipinski definition) is 3. The van der Waals surface area contributed by atoms with E-state index in [9.17, 15) is 14.9 Å². The van der Waals surface area contributed by atoms with Gasteiger partial charge in [-0.3, -0.25) is 9.59 Å². The monoisotopic (exact) mass is 285 g/mol. The van der Waals surface area contributed by atoms with Gasteiger partial charge in [-0.15, -0.1) is 0 Å². The van der Waals surface area contributed by atoms with Crippen molar-refractivity contribution < 1.29 is 9.59 Å². The van der Waals surface area contributed by atoms with Gasteiger partial charge in [-0.05, 0) is 37.5 Å². The molecule has 5 nitrogen and oxygen atoms in total. The fourth-order valence-electron chi connectivity index (χ4n) is 2.70. The van der Waals surface area contributed by atoms with E-state index in [1.165, 1.54) is 6.92 Å². The number of nitriles is 1. The lowest BCUT2D eigenvalue weighted by Crippen LogP contribution is -2.32. The van der Waals surface area contributed by atoms with E-state index in [2.05, 4.69) is 11.4 Å². The van der Waals surface area contributed by atoms with Crippen molar-refractivity contribution in [1.29, 1.82) is 5.26 Å². The molecule has 1 unspecified atom stereocenters. The fraction of sp³-hybridized carbons (Fsp3) is 0.438. The summed E-state index contributed by atoms with van der Waals surface area (Å²) in [5.41, 5.74) is 6.30. The van der Waals surface area contributed by atoms with E-state index in [1.54, 1.807) is 12.1 Å². The highest BCUT2D eigenvalue weighted by Crippen LogP contribution is 2.40. The Labute approximate surface area is 124 Å². The lowest BCUT2D eigenvalue weighted by molar-refractivity contribution is -0.129. The molecule has 110 valence electrons. The van der Waals surface area contributed by atoms with Crippen molar-refractivity contribution in [3.8, 4) is 6.07 Å². The molecule has 1 aromatic carbocycles. The zero-order chi connectivity index (χ0) is 15.5. The Bertz CT molecular complexity index is 581. The molecule has 1 aromatic rings.